The number of carbonyl (C=O) groups is 1. The Bertz CT molecular complexity index is 325. The summed E-state index contributed by atoms with van der Waals surface area (Å²) < 4.78 is 1.06. The quantitative estimate of drug-likeness (QED) is 0.871. The Morgan fingerprint density at radius 1 is 1.73 bits per heavy atom. The molecule has 1 aromatic heterocycles. The zero-order chi connectivity index (χ0) is 11.3. The molecule has 3 nitrogen and oxygen atoms in total. The summed E-state index contributed by atoms with van der Waals surface area (Å²) in [6, 6.07) is 2.02. The van der Waals surface area contributed by atoms with Gasteiger partial charge in [-0.1, -0.05) is 0 Å². The smallest absolute Gasteiger partial charge is 0.220 e. The van der Waals surface area contributed by atoms with Crippen molar-refractivity contribution in [1.29, 1.82) is 0 Å². The van der Waals surface area contributed by atoms with E-state index in [-0.39, 0.29) is 5.91 Å². The molecule has 0 saturated carbocycles. The number of amides is 1. The first-order valence-corrected chi connectivity index (χ1v) is 6.43. The molecule has 0 aliphatic heterocycles. The van der Waals surface area contributed by atoms with Crippen LogP contribution in [0, 0.1) is 0 Å². The molecule has 5 heteroatoms. The molecule has 15 heavy (non-hydrogen) atoms. The molecule has 0 radical (unpaired) electrons. The van der Waals surface area contributed by atoms with E-state index in [1.165, 1.54) is 4.88 Å². The van der Waals surface area contributed by atoms with Crippen molar-refractivity contribution in [3.8, 4) is 0 Å². The molecule has 1 amide bonds. The van der Waals surface area contributed by atoms with Crippen molar-refractivity contribution in [3.05, 3.63) is 20.8 Å². The maximum absolute atomic E-state index is 11.3. The Hall–Kier alpha value is -0.390. The molecular formula is C10H14BrNO2S. The molecule has 1 aromatic rings. The zero-order valence-electron chi connectivity index (χ0n) is 8.50. The van der Waals surface area contributed by atoms with Crippen LogP contribution in [0.15, 0.2) is 15.9 Å². The zero-order valence-corrected chi connectivity index (χ0v) is 10.9. The monoisotopic (exact) mass is 291 g/mol. The Kier molecular flexibility index (Phi) is 5.28. The van der Waals surface area contributed by atoms with Crippen molar-refractivity contribution in [1.82, 2.24) is 5.32 Å². The Labute approximate surface area is 102 Å². The molecule has 0 bridgehead atoms. The summed E-state index contributed by atoms with van der Waals surface area (Å²) in [6.07, 6.45) is 0.742. The lowest BCUT2D eigenvalue weighted by Crippen LogP contribution is -2.30. The van der Waals surface area contributed by atoms with Gasteiger partial charge in [0.05, 0.1) is 6.10 Å². The van der Waals surface area contributed by atoms with Crippen LogP contribution in [0.1, 0.15) is 18.2 Å². The normalized spacial score (nSPS) is 12.5. The van der Waals surface area contributed by atoms with Crippen LogP contribution in [0.2, 0.25) is 0 Å². The van der Waals surface area contributed by atoms with E-state index >= 15 is 0 Å². The number of hydrogen-bond acceptors (Lipinski definition) is 3. The van der Waals surface area contributed by atoms with Gasteiger partial charge in [-0.25, -0.2) is 0 Å². The highest BCUT2D eigenvalue weighted by molar-refractivity contribution is 9.10. The predicted octanol–water partition coefficient (Wildman–Crippen LogP) is 1.94. The number of thiophene rings is 1. The summed E-state index contributed by atoms with van der Waals surface area (Å²) in [5.74, 6) is -0.0135. The van der Waals surface area contributed by atoms with Crippen LogP contribution in [-0.2, 0) is 11.2 Å². The van der Waals surface area contributed by atoms with Gasteiger partial charge in [0.15, 0.2) is 0 Å². The van der Waals surface area contributed by atoms with E-state index in [2.05, 4.69) is 21.2 Å². The van der Waals surface area contributed by atoms with Crippen LogP contribution in [-0.4, -0.2) is 23.7 Å². The van der Waals surface area contributed by atoms with E-state index in [1.807, 2.05) is 11.4 Å². The fourth-order valence-electron chi connectivity index (χ4n) is 1.07. The van der Waals surface area contributed by atoms with Crippen molar-refractivity contribution in [2.45, 2.75) is 25.9 Å². The fraction of sp³-hybridized carbons (Fsp3) is 0.500. The van der Waals surface area contributed by atoms with Crippen molar-refractivity contribution >= 4 is 33.2 Å². The number of carbonyl (C=O) groups excluding carboxylic acids is 1. The van der Waals surface area contributed by atoms with Gasteiger partial charge in [0, 0.05) is 27.7 Å². The molecule has 1 rings (SSSR count). The second kappa shape index (κ2) is 6.25. The number of aliphatic hydroxyl groups is 1. The van der Waals surface area contributed by atoms with Gasteiger partial charge in [0.1, 0.15) is 0 Å². The third-order valence-corrected chi connectivity index (χ3v) is 3.57. The first kappa shape index (κ1) is 12.7. The molecule has 2 N–H and O–H groups in total. The first-order valence-electron chi connectivity index (χ1n) is 4.75. The van der Waals surface area contributed by atoms with Gasteiger partial charge >= 0.3 is 0 Å². The molecule has 1 heterocycles. The summed E-state index contributed by atoms with van der Waals surface area (Å²) in [4.78, 5) is 12.5. The number of nitrogens with one attached hydrogen (secondary N) is 1. The van der Waals surface area contributed by atoms with Gasteiger partial charge in [0.25, 0.3) is 0 Å². The number of rotatable bonds is 5. The van der Waals surface area contributed by atoms with Crippen LogP contribution in [0.4, 0.5) is 0 Å². The van der Waals surface area contributed by atoms with Crippen LogP contribution >= 0.6 is 27.3 Å². The van der Waals surface area contributed by atoms with E-state index in [9.17, 15) is 4.79 Å². The maximum atomic E-state index is 11.3. The largest absolute Gasteiger partial charge is 0.392 e. The molecule has 1 atom stereocenters. The minimum Gasteiger partial charge on any atom is -0.392 e. The summed E-state index contributed by atoms with van der Waals surface area (Å²) >= 11 is 5.01. The topological polar surface area (TPSA) is 49.3 Å². The number of halogens is 1. The minimum atomic E-state index is -0.482. The van der Waals surface area contributed by atoms with E-state index in [0.717, 1.165) is 10.9 Å². The number of aryl methyl sites for hydroxylation is 1. The molecule has 0 aromatic carbocycles. The number of aliphatic hydroxyl groups excluding tert-OH is 1. The number of hydrogen-bond donors (Lipinski definition) is 2. The highest BCUT2D eigenvalue weighted by Gasteiger charge is 2.04. The highest BCUT2D eigenvalue weighted by atomic mass is 79.9. The molecule has 84 valence electrons. The molecule has 1 unspecified atom stereocenters. The van der Waals surface area contributed by atoms with Gasteiger partial charge in [0.2, 0.25) is 5.91 Å². The summed E-state index contributed by atoms with van der Waals surface area (Å²) in [7, 11) is 0. The van der Waals surface area contributed by atoms with Crippen molar-refractivity contribution in [2.75, 3.05) is 6.54 Å². The summed E-state index contributed by atoms with van der Waals surface area (Å²) in [6.45, 7) is 1.98. The van der Waals surface area contributed by atoms with Crippen LogP contribution in [0.3, 0.4) is 0 Å². The minimum absolute atomic E-state index is 0.0135. The Balaban J connectivity index is 2.22. The average molecular weight is 292 g/mol. The molecule has 0 spiro atoms. The van der Waals surface area contributed by atoms with Crippen molar-refractivity contribution in [3.63, 3.8) is 0 Å². The third kappa shape index (κ3) is 5.30. The lowest BCUT2D eigenvalue weighted by atomic mass is 10.2. The highest BCUT2D eigenvalue weighted by Crippen LogP contribution is 2.20. The second-order valence-electron chi connectivity index (χ2n) is 3.38. The Morgan fingerprint density at radius 3 is 3.00 bits per heavy atom. The predicted molar refractivity (Wildman–Crippen MR) is 65.0 cm³/mol. The van der Waals surface area contributed by atoms with Gasteiger partial charge in [-0.05, 0) is 35.3 Å². The molecule has 0 aliphatic carbocycles. The van der Waals surface area contributed by atoms with Gasteiger partial charge in [-0.2, -0.15) is 0 Å². The van der Waals surface area contributed by atoms with E-state index in [4.69, 9.17) is 5.11 Å². The van der Waals surface area contributed by atoms with E-state index in [0.29, 0.717) is 13.0 Å². The molecule has 0 fully saturated rings. The Morgan fingerprint density at radius 2 is 2.47 bits per heavy atom. The van der Waals surface area contributed by atoms with Crippen LogP contribution in [0.5, 0.6) is 0 Å². The van der Waals surface area contributed by atoms with Crippen molar-refractivity contribution < 1.29 is 9.90 Å². The van der Waals surface area contributed by atoms with Gasteiger partial charge in [-0.15, -0.1) is 11.3 Å². The second-order valence-corrected chi connectivity index (χ2v) is 5.30. The SMILES string of the molecule is CC(O)CNC(=O)CCc1cc(Br)cs1. The van der Waals surface area contributed by atoms with Gasteiger partial charge in [-0.3, -0.25) is 4.79 Å². The summed E-state index contributed by atoms with van der Waals surface area (Å²) in [5, 5.41) is 13.6. The van der Waals surface area contributed by atoms with E-state index < -0.39 is 6.10 Å². The average Bonchev–Trinajstić information content (AvgIpc) is 2.58. The molecule has 0 aliphatic rings. The first-order chi connectivity index (χ1) is 7.08. The van der Waals surface area contributed by atoms with Crippen LogP contribution in [0.25, 0.3) is 0 Å². The standard InChI is InChI=1S/C10H14BrNO2S/c1-7(13)5-12-10(14)3-2-9-4-8(11)6-15-9/h4,6-7,13H,2-3,5H2,1H3,(H,12,14). The lowest BCUT2D eigenvalue weighted by Gasteiger charge is -2.06. The maximum Gasteiger partial charge on any atom is 0.220 e. The lowest BCUT2D eigenvalue weighted by molar-refractivity contribution is -0.121. The van der Waals surface area contributed by atoms with Gasteiger partial charge < -0.3 is 10.4 Å². The summed E-state index contributed by atoms with van der Waals surface area (Å²) in [5.41, 5.74) is 0. The van der Waals surface area contributed by atoms with E-state index in [1.54, 1.807) is 18.3 Å². The van der Waals surface area contributed by atoms with Crippen molar-refractivity contribution in [2.24, 2.45) is 0 Å². The molecule has 0 saturated heterocycles. The fourth-order valence-corrected chi connectivity index (χ4v) is 2.53. The molecular weight excluding hydrogens is 278 g/mol. The van der Waals surface area contributed by atoms with Crippen LogP contribution < -0.4 is 5.32 Å². The third-order valence-electron chi connectivity index (χ3n) is 1.81.